The monoisotopic (exact) mass is 941 g/mol. The maximum atomic E-state index is 11.9. The maximum absolute atomic E-state index is 11.9. The van der Waals surface area contributed by atoms with Crippen LogP contribution in [0.3, 0.4) is 0 Å². The fourth-order valence-electron chi connectivity index (χ4n) is 12.2. The van der Waals surface area contributed by atoms with Crippen LogP contribution in [0.2, 0.25) is 0 Å². The number of pyridine rings is 1. The van der Waals surface area contributed by atoms with Gasteiger partial charge in [0.2, 0.25) is 0 Å². The van der Waals surface area contributed by atoms with E-state index in [-0.39, 0.29) is 0 Å². The second kappa shape index (κ2) is 16.0. The van der Waals surface area contributed by atoms with Gasteiger partial charge in [-0.3, -0.25) is 4.98 Å². The molecule has 7 nitrogen and oxygen atoms in total. The van der Waals surface area contributed by atoms with Crippen molar-refractivity contribution in [2.24, 2.45) is 0 Å². The van der Waals surface area contributed by atoms with Crippen LogP contribution in [0.15, 0.2) is 237 Å². The van der Waals surface area contributed by atoms with Crippen LogP contribution in [0.4, 0.5) is 0 Å². The lowest BCUT2D eigenvalue weighted by atomic mass is 9.88. The average molecular weight is 942 g/mol. The van der Waals surface area contributed by atoms with Crippen LogP contribution in [0, 0.1) is 22.7 Å². The molecule has 15 rings (SSSR count). The van der Waals surface area contributed by atoms with E-state index >= 15 is 0 Å². The normalized spacial score (nSPS) is 11.8. The Morgan fingerprint density at radius 2 is 0.743 bits per heavy atom. The lowest BCUT2D eigenvalue weighted by molar-refractivity contribution is 1.12. The molecule has 0 aliphatic rings. The van der Waals surface area contributed by atoms with Crippen LogP contribution in [0.1, 0.15) is 11.1 Å². The summed E-state index contributed by atoms with van der Waals surface area (Å²) in [5.74, 6) is 0. The Morgan fingerprint density at radius 3 is 1.20 bits per heavy atom. The zero-order valence-corrected chi connectivity index (χ0v) is 39.6. The van der Waals surface area contributed by atoms with E-state index < -0.39 is 0 Å². The predicted octanol–water partition coefficient (Wildman–Crippen LogP) is 16.5. The Kier molecular flexibility index (Phi) is 8.95. The van der Waals surface area contributed by atoms with Crippen molar-refractivity contribution < 1.29 is 0 Å². The van der Waals surface area contributed by atoms with Crippen LogP contribution < -0.4 is 0 Å². The van der Waals surface area contributed by atoms with Crippen molar-refractivity contribution in [3.63, 3.8) is 0 Å². The first-order valence-corrected chi connectivity index (χ1v) is 24.7. The molecule has 74 heavy (non-hydrogen) atoms. The van der Waals surface area contributed by atoms with Crippen LogP contribution in [-0.4, -0.2) is 23.3 Å². The summed E-state index contributed by atoms with van der Waals surface area (Å²) in [5, 5.41) is 32.7. The Labute approximate surface area is 424 Å². The fourth-order valence-corrected chi connectivity index (χ4v) is 12.2. The van der Waals surface area contributed by atoms with Gasteiger partial charge in [0, 0.05) is 78.0 Å². The molecule has 0 N–H and O–H groups in total. The standard InChI is InChI=1S/C67H39N7/c68-39-52-61(73-57-30-16-12-26-50(57)64-59(73)34-32-48-46-24-10-14-28-55(46)71(66(48)64)43-20-6-2-7-21-43)38-62(53(40-69)63(52)54-41-70-37-36-45(54)42-18-4-1-5-19-42)74-58-31-17-13-27-51(58)65-60(74)35-33-49-47-25-11-15-29-56(47)72(67(49)65)44-22-8-3-9-23-44/h1-38,41H. The number of nitrogens with zero attached hydrogens (tertiary/aromatic N) is 7. The Morgan fingerprint density at radius 1 is 0.338 bits per heavy atom. The van der Waals surface area contributed by atoms with Crippen LogP contribution in [0.5, 0.6) is 0 Å². The summed E-state index contributed by atoms with van der Waals surface area (Å²) >= 11 is 0. The van der Waals surface area contributed by atoms with Crippen molar-refractivity contribution >= 4 is 87.2 Å². The highest BCUT2D eigenvalue weighted by atomic mass is 15.0. The molecule has 342 valence electrons. The number of rotatable bonds is 6. The van der Waals surface area contributed by atoms with Gasteiger partial charge in [0.25, 0.3) is 0 Å². The van der Waals surface area contributed by atoms with E-state index in [1.54, 1.807) is 6.20 Å². The van der Waals surface area contributed by atoms with Crippen molar-refractivity contribution in [3.8, 4) is 57.1 Å². The molecular weight excluding hydrogens is 903 g/mol. The van der Waals surface area contributed by atoms with Gasteiger partial charge in [-0.1, -0.05) is 152 Å². The molecule has 5 aromatic heterocycles. The number of benzene rings is 10. The largest absolute Gasteiger partial charge is 0.309 e. The number of hydrogen-bond donors (Lipinski definition) is 0. The van der Waals surface area contributed by atoms with Gasteiger partial charge < -0.3 is 18.3 Å². The molecule has 0 radical (unpaired) electrons. The first-order valence-electron chi connectivity index (χ1n) is 24.7. The Bertz CT molecular complexity index is 4640. The van der Waals surface area contributed by atoms with Crippen LogP contribution in [0.25, 0.3) is 132 Å². The number of fused-ring (bicyclic) bond motifs is 14. The minimum Gasteiger partial charge on any atom is -0.309 e. The summed E-state index contributed by atoms with van der Waals surface area (Å²) in [7, 11) is 0. The minimum atomic E-state index is 0.370. The first kappa shape index (κ1) is 41.3. The smallest absolute Gasteiger partial charge is 0.102 e. The fraction of sp³-hybridized carbons (Fsp3) is 0. The van der Waals surface area contributed by atoms with E-state index in [1.165, 1.54) is 0 Å². The maximum Gasteiger partial charge on any atom is 0.102 e. The molecule has 0 aliphatic heterocycles. The third kappa shape index (κ3) is 5.72. The molecule has 0 atom stereocenters. The zero-order chi connectivity index (χ0) is 49.0. The number of hydrogen-bond acceptors (Lipinski definition) is 3. The van der Waals surface area contributed by atoms with Gasteiger partial charge in [0.1, 0.15) is 12.1 Å². The zero-order valence-electron chi connectivity index (χ0n) is 39.6. The molecular formula is C67H39N7. The molecule has 0 unspecified atom stereocenters. The number of para-hydroxylation sites is 6. The molecule has 0 amide bonds. The highest BCUT2D eigenvalue weighted by molar-refractivity contribution is 6.28. The van der Waals surface area contributed by atoms with Crippen molar-refractivity contribution in [2.75, 3.05) is 0 Å². The lowest BCUT2D eigenvalue weighted by Gasteiger charge is -2.21. The van der Waals surface area contributed by atoms with Crippen molar-refractivity contribution in [1.29, 1.82) is 10.5 Å². The molecule has 10 aromatic carbocycles. The van der Waals surface area contributed by atoms with Crippen molar-refractivity contribution in [2.45, 2.75) is 0 Å². The summed E-state index contributed by atoms with van der Waals surface area (Å²) in [4.78, 5) is 4.73. The molecule has 0 aliphatic carbocycles. The van der Waals surface area contributed by atoms with E-state index in [9.17, 15) is 10.5 Å². The second-order valence-electron chi connectivity index (χ2n) is 18.8. The summed E-state index contributed by atoms with van der Waals surface area (Å²) in [6, 6.07) is 83.8. The van der Waals surface area contributed by atoms with Gasteiger partial charge in [0.05, 0.1) is 66.6 Å². The lowest BCUT2D eigenvalue weighted by Crippen LogP contribution is -2.08. The number of aromatic nitrogens is 5. The van der Waals surface area contributed by atoms with Crippen LogP contribution in [-0.2, 0) is 0 Å². The predicted molar refractivity (Wildman–Crippen MR) is 302 cm³/mol. The summed E-state index contributed by atoms with van der Waals surface area (Å²) in [6.45, 7) is 0. The quantitative estimate of drug-likeness (QED) is 0.167. The first-order chi connectivity index (χ1) is 36.7. The van der Waals surface area contributed by atoms with E-state index in [1.807, 2.05) is 30.5 Å². The molecule has 5 heterocycles. The third-order valence-corrected chi connectivity index (χ3v) is 15.1. The average Bonchev–Trinajstić information content (AvgIpc) is 4.27. The molecule has 0 saturated carbocycles. The summed E-state index contributed by atoms with van der Waals surface area (Å²) in [5.41, 5.74) is 15.3. The van der Waals surface area contributed by atoms with Gasteiger partial charge in [0.15, 0.2) is 0 Å². The van der Waals surface area contributed by atoms with Gasteiger partial charge in [-0.05, 0) is 83.9 Å². The van der Waals surface area contributed by atoms with E-state index in [0.29, 0.717) is 33.6 Å². The summed E-state index contributed by atoms with van der Waals surface area (Å²) < 4.78 is 9.25. The minimum absolute atomic E-state index is 0.370. The molecule has 0 bridgehead atoms. The topological polar surface area (TPSA) is 80.2 Å². The SMILES string of the molecule is N#Cc1c(-n2c3ccccc3c3c2ccc2c4ccccc4n(-c4ccccc4)c23)cc(-n2c3ccccc3c3c2ccc2c4ccccc4n(-c4ccccc4)c23)c(C#N)c1-c1cnccc1-c1ccccc1. The number of nitriles is 2. The Hall–Kier alpha value is -10.5. The molecule has 7 heteroatoms. The Balaban J connectivity index is 1.14. The van der Waals surface area contributed by atoms with Gasteiger partial charge in [-0.15, -0.1) is 0 Å². The van der Waals surface area contributed by atoms with Gasteiger partial charge in [-0.2, -0.15) is 10.5 Å². The van der Waals surface area contributed by atoms with Crippen LogP contribution >= 0.6 is 0 Å². The third-order valence-electron chi connectivity index (χ3n) is 15.1. The highest BCUT2D eigenvalue weighted by Crippen LogP contribution is 2.48. The van der Waals surface area contributed by atoms with Crippen molar-refractivity contribution in [3.05, 3.63) is 248 Å². The van der Waals surface area contributed by atoms with E-state index in [2.05, 4.69) is 231 Å². The van der Waals surface area contributed by atoms with E-state index in [4.69, 9.17) is 4.98 Å². The van der Waals surface area contributed by atoms with E-state index in [0.717, 1.165) is 110 Å². The molecule has 0 spiro atoms. The van der Waals surface area contributed by atoms with Crippen molar-refractivity contribution in [1.82, 2.24) is 23.3 Å². The second-order valence-corrected chi connectivity index (χ2v) is 18.8. The van der Waals surface area contributed by atoms with Gasteiger partial charge >= 0.3 is 0 Å². The summed E-state index contributed by atoms with van der Waals surface area (Å²) in [6.07, 6.45) is 3.59. The van der Waals surface area contributed by atoms with Gasteiger partial charge in [-0.25, -0.2) is 0 Å². The molecule has 0 fully saturated rings. The molecule has 15 aromatic rings. The molecule has 0 saturated heterocycles. The highest BCUT2D eigenvalue weighted by Gasteiger charge is 2.30.